The van der Waals surface area contributed by atoms with E-state index in [4.69, 9.17) is 0 Å². The highest BCUT2D eigenvalue weighted by molar-refractivity contribution is 7.92. The minimum Gasteiger partial charge on any atom is -0.352 e. The normalized spacial score (nSPS) is 16.2. The molecular weight excluding hydrogens is 483 g/mol. The Morgan fingerprint density at radius 1 is 1.06 bits per heavy atom. The van der Waals surface area contributed by atoms with Crippen molar-refractivity contribution in [1.29, 1.82) is 0 Å². The molecule has 7 nitrogen and oxygen atoms in total. The highest BCUT2D eigenvalue weighted by Gasteiger charge is 2.31. The van der Waals surface area contributed by atoms with Crippen molar-refractivity contribution in [3.63, 3.8) is 0 Å². The summed E-state index contributed by atoms with van der Waals surface area (Å²) >= 11 is 0. The number of hydrogen-bond donors (Lipinski definition) is 2. The predicted molar refractivity (Wildman–Crippen MR) is 125 cm³/mol. The van der Waals surface area contributed by atoms with Gasteiger partial charge in [-0.2, -0.15) is 13.2 Å². The monoisotopic (exact) mass is 509 g/mol. The van der Waals surface area contributed by atoms with Gasteiger partial charge in [-0.15, -0.1) is 0 Å². The minimum absolute atomic E-state index is 0.0464. The molecule has 0 aromatic heterocycles. The van der Waals surface area contributed by atoms with Gasteiger partial charge in [0.25, 0.3) is 5.91 Å². The van der Waals surface area contributed by atoms with Crippen LogP contribution in [0.3, 0.4) is 0 Å². The lowest BCUT2D eigenvalue weighted by atomic mass is 10.1. The number of nitrogens with one attached hydrogen (secondary N) is 2. The van der Waals surface area contributed by atoms with Crippen molar-refractivity contribution in [1.82, 2.24) is 14.9 Å². The maximum absolute atomic E-state index is 12.9. The Balaban J connectivity index is 1.52. The predicted octanol–water partition coefficient (Wildman–Crippen LogP) is 3.23. The first kappa shape index (κ1) is 26.4. The smallest absolute Gasteiger partial charge is 0.352 e. The number of hydrogen-bond acceptors (Lipinski definition) is 4. The second-order valence-electron chi connectivity index (χ2n) is 8.20. The van der Waals surface area contributed by atoms with Gasteiger partial charge in [-0.1, -0.05) is 30.8 Å². The number of carbonyl (C=O) groups is 2. The first-order valence-corrected chi connectivity index (χ1v) is 12.5. The van der Waals surface area contributed by atoms with Gasteiger partial charge in [0.15, 0.2) is 0 Å². The third-order valence-electron chi connectivity index (χ3n) is 5.71. The van der Waals surface area contributed by atoms with E-state index in [0.717, 1.165) is 24.0 Å². The van der Waals surface area contributed by atoms with Crippen LogP contribution >= 0.6 is 0 Å². The Labute approximate surface area is 202 Å². The van der Waals surface area contributed by atoms with Gasteiger partial charge in [-0.3, -0.25) is 9.59 Å². The molecule has 0 bridgehead atoms. The van der Waals surface area contributed by atoms with Crippen LogP contribution in [0, 0.1) is 0 Å². The number of rotatable bonds is 9. The van der Waals surface area contributed by atoms with Gasteiger partial charge in [-0.25, -0.2) is 13.1 Å². The Hall–Kier alpha value is -3.18. The molecule has 3 rings (SSSR count). The molecule has 2 amide bonds. The van der Waals surface area contributed by atoms with E-state index in [2.05, 4.69) is 16.6 Å². The third kappa shape index (κ3) is 7.40. The molecular formula is C24H26F3N3O4S. The summed E-state index contributed by atoms with van der Waals surface area (Å²) in [6, 6.07) is 10.9. The van der Waals surface area contributed by atoms with Crippen molar-refractivity contribution < 1.29 is 31.2 Å². The summed E-state index contributed by atoms with van der Waals surface area (Å²) in [6.45, 7) is 3.98. The van der Waals surface area contributed by atoms with E-state index in [-0.39, 0.29) is 37.4 Å². The van der Waals surface area contributed by atoms with E-state index >= 15 is 0 Å². The van der Waals surface area contributed by atoms with Crippen LogP contribution in [0.5, 0.6) is 0 Å². The number of benzene rings is 2. The number of carbonyl (C=O) groups excluding carboxylic acids is 2. The highest BCUT2D eigenvalue weighted by Crippen LogP contribution is 2.29. The molecule has 1 saturated heterocycles. The summed E-state index contributed by atoms with van der Waals surface area (Å²) in [4.78, 5) is 26.8. The Kier molecular flexibility index (Phi) is 8.34. The molecule has 188 valence electrons. The van der Waals surface area contributed by atoms with Gasteiger partial charge >= 0.3 is 6.18 Å². The fourth-order valence-electron chi connectivity index (χ4n) is 3.78. The molecule has 0 saturated carbocycles. The zero-order valence-corrected chi connectivity index (χ0v) is 19.7. The largest absolute Gasteiger partial charge is 0.416 e. The van der Waals surface area contributed by atoms with Gasteiger partial charge in [0.1, 0.15) is 0 Å². The fraction of sp³-hybridized carbons (Fsp3) is 0.333. The number of sulfonamides is 1. The van der Waals surface area contributed by atoms with E-state index in [0.29, 0.717) is 29.7 Å². The van der Waals surface area contributed by atoms with Crippen molar-refractivity contribution in [2.45, 2.75) is 38.0 Å². The lowest BCUT2D eigenvalue weighted by Crippen LogP contribution is -2.42. The molecule has 0 unspecified atom stereocenters. The van der Waals surface area contributed by atoms with Crippen molar-refractivity contribution >= 4 is 21.8 Å². The van der Waals surface area contributed by atoms with Crippen LogP contribution in [0.1, 0.15) is 39.9 Å². The van der Waals surface area contributed by atoms with E-state index in [1.54, 1.807) is 29.2 Å². The van der Waals surface area contributed by atoms with Crippen LogP contribution in [0.15, 0.2) is 60.5 Å². The van der Waals surface area contributed by atoms with Crippen LogP contribution in [0.2, 0.25) is 0 Å². The lowest BCUT2D eigenvalue weighted by molar-refractivity contribution is -0.137. The molecule has 0 spiro atoms. The average Bonchev–Trinajstić information content (AvgIpc) is 3.30. The lowest BCUT2D eigenvalue weighted by Gasteiger charge is -2.25. The molecule has 1 heterocycles. The third-order valence-corrected chi connectivity index (χ3v) is 6.72. The number of halogens is 3. The van der Waals surface area contributed by atoms with E-state index < -0.39 is 21.8 Å². The summed E-state index contributed by atoms with van der Waals surface area (Å²) in [7, 11) is -3.58. The summed E-state index contributed by atoms with van der Waals surface area (Å²) in [6.07, 6.45) is -2.91. The summed E-state index contributed by atoms with van der Waals surface area (Å²) < 4.78 is 63.5. The SMILES string of the molecule is C=CS(=O)(=O)NC[C@H]1CCCN1C(=O)c1ccc(CC(=O)NCc2ccc(C(F)(F)F)cc2)cc1. The van der Waals surface area contributed by atoms with Crippen LogP contribution in [0.25, 0.3) is 0 Å². The number of alkyl halides is 3. The first-order valence-electron chi connectivity index (χ1n) is 10.9. The van der Waals surface area contributed by atoms with Crippen LogP contribution in [-0.4, -0.2) is 44.3 Å². The van der Waals surface area contributed by atoms with Gasteiger partial charge in [0.2, 0.25) is 15.9 Å². The molecule has 2 N–H and O–H groups in total. The first-order chi connectivity index (χ1) is 16.5. The molecule has 35 heavy (non-hydrogen) atoms. The Bertz CT molecular complexity index is 1160. The summed E-state index contributed by atoms with van der Waals surface area (Å²) in [5.41, 5.74) is 0.893. The average molecular weight is 510 g/mol. The zero-order chi connectivity index (χ0) is 25.6. The molecule has 1 aliphatic rings. The molecule has 1 fully saturated rings. The fourth-order valence-corrected chi connectivity index (χ4v) is 4.32. The van der Waals surface area contributed by atoms with Gasteiger partial charge in [0, 0.05) is 36.6 Å². The minimum atomic E-state index is -4.41. The topological polar surface area (TPSA) is 95.6 Å². The van der Waals surface area contributed by atoms with Crippen molar-refractivity contribution in [3.8, 4) is 0 Å². The number of amides is 2. The molecule has 1 atom stereocenters. The van der Waals surface area contributed by atoms with Crippen molar-refractivity contribution in [2.24, 2.45) is 0 Å². The number of likely N-dealkylation sites (tertiary alicyclic amines) is 1. The van der Waals surface area contributed by atoms with Crippen LogP contribution < -0.4 is 10.0 Å². The van der Waals surface area contributed by atoms with E-state index in [9.17, 15) is 31.2 Å². The maximum Gasteiger partial charge on any atom is 0.416 e. The second-order valence-corrected chi connectivity index (χ2v) is 9.91. The molecule has 11 heteroatoms. The van der Waals surface area contributed by atoms with Gasteiger partial charge in [-0.05, 0) is 48.2 Å². The molecule has 0 aliphatic carbocycles. The number of nitrogens with zero attached hydrogens (tertiary/aromatic N) is 1. The van der Waals surface area contributed by atoms with Crippen molar-refractivity contribution in [2.75, 3.05) is 13.1 Å². The van der Waals surface area contributed by atoms with E-state index in [1.165, 1.54) is 12.1 Å². The van der Waals surface area contributed by atoms with Crippen molar-refractivity contribution in [3.05, 3.63) is 82.8 Å². The van der Waals surface area contributed by atoms with Crippen LogP contribution in [0.4, 0.5) is 13.2 Å². The molecule has 0 radical (unpaired) electrons. The Morgan fingerprint density at radius 3 is 2.29 bits per heavy atom. The van der Waals surface area contributed by atoms with Crippen LogP contribution in [-0.2, 0) is 34.0 Å². The zero-order valence-electron chi connectivity index (χ0n) is 18.8. The van der Waals surface area contributed by atoms with E-state index in [1.807, 2.05) is 0 Å². The highest BCUT2D eigenvalue weighted by atomic mass is 32.2. The molecule has 1 aliphatic heterocycles. The maximum atomic E-state index is 12.9. The second kappa shape index (κ2) is 11.0. The summed E-state index contributed by atoms with van der Waals surface area (Å²) in [5, 5.41) is 3.49. The Morgan fingerprint density at radius 2 is 1.69 bits per heavy atom. The van der Waals surface area contributed by atoms with Gasteiger partial charge in [0.05, 0.1) is 12.0 Å². The quantitative estimate of drug-likeness (QED) is 0.543. The molecule has 2 aromatic carbocycles. The molecule has 2 aromatic rings. The van der Waals surface area contributed by atoms with Gasteiger partial charge < -0.3 is 10.2 Å². The summed E-state index contributed by atoms with van der Waals surface area (Å²) in [5.74, 6) is -0.526. The standard InChI is InChI=1S/C24H26F3N3O4S/c1-2-35(33,34)29-16-21-4-3-13-30(21)23(32)19-9-5-17(6-10-19)14-22(31)28-15-18-7-11-20(12-8-18)24(25,26)27/h2,5-12,21,29H,1,3-4,13-16H2,(H,28,31)/t21-/m1/s1.